The van der Waals surface area contributed by atoms with E-state index in [0.29, 0.717) is 43.3 Å². The zero-order valence-corrected chi connectivity index (χ0v) is 21.6. The number of carbonyl (C=O) groups is 1. The lowest BCUT2D eigenvalue weighted by molar-refractivity contribution is 0.0954. The van der Waals surface area contributed by atoms with Gasteiger partial charge in [-0.05, 0) is 43.2 Å². The minimum atomic E-state index is -0.389. The second kappa shape index (κ2) is 13.3. The van der Waals surface area contributed by atoms with E-state index in [2.05, 4.69) is 27.0 Å². The van der Waals surface area contributed by atoms with Crippen molar-refractivity contribution >= 4 is 35.8 Å². The molecule has 1 heterocycles. The molecule has 3 rings (SSSR count). The van der Waals surface area contributed by atoms with Crippen LogP contribution >= 0.6 is 24.0 Å². The number of nitrogens with zero attached hydrogens (tertiary/aromatic N) is 1. The van der Waals surface area contributed by atoms with Crippen molar-refractivity contribution in [3.05, 3.63) is 64.5 Å². The monoisotopic (exact) mass is 570 g/mol. The molecule has 0 radical (unpaired) electrons. The Labute approximate surface area is 211 Å². The molecule has 0 aliphatic carbocycles. The third kappa shape index (κ3) is 8.15. The number of carbonyl (C=O) groups excluding carboxylic acids is 1. The van der Waals surface area contributed by atoms with Crippen molar-refractivity contribution in [3.8, 4) is 5.75 Å². The second-order valence-corrected chi connectivity index (χ2v) is 7.79. The maximum atomic E-state index is 13.6. The van der Waals surface area contributed by atoms with Gasteiger partial charge in [0.2, 0.25) is 0 Å². The first kappa shape index (κ1) is 26.8. The average molecular weight is 570 g/mol. The zero-order valence-electron chi connectivity index (χ0n) is 19.2. The van der Waals surface area contributed by atoms with Gasteiger partial charge in [0, 0.05) is 44.2 Å². The van der Waals surface area contributed by atoms with Gasteiger partial charge in [-0.2, -0.15) is 0 Å². The van der Waals surface area contributed by atoms with Crippen LogP contribution < -0.4 is 20.7 Å². The van der Waals surface area contributed by atoms with E-state index in [1.165, 1.54) is 6.07 Å². The molecule has 0 spiro atoms. The standard InChI is InChI=1S/C24H31FN4O3.HI/c1-16-4-6-19(22(12-16)32-20-8-11-31-15-20)14-29-24(26-3)28-10-9-27-23(30)18-7-5-17(2)21(25)13-18;/h4-7,12-13,20H,8-11,14-15H2,1-3H3,(H,27,30)(H2,26,28,29);1H. The van der Waals surface area contributed by atoms with Crippen LogP contribution in [0.5, 0.6) is 5.75 Å². The van der Waals surface area contributed by atoms with Crippen LogP contribution in [0, 0.1) is 19.7 Å². The first-order valence-electron chi connectivity index (χ1n) is 10.8. The van der Waals surface area contributed by atoms with Crippen LogP contribution in [-0.4, -0.2) is 51.3 Å². The summed E-state index contributed by atoms with van der Waals surface area (Å²) in [4.78, 5) is 16.4. The normalized spacial score (nSPS) is 15.5. The van der Waals surface area contributed by atoms with E-state index in [9.17, 15) is 9.18 Å². The molecular formula is C24H32FIN4O3. The number of aryl methyl sites for hydroxylation is 2. The van der Waals surface area contributed by atoms with E-state index < -0.39 is 0 Å². The predicted octanol–water partition coefficient (Wildman–Crippen LogP) is 3.32. The number of benzene rings is 2. The van der Waals surface area contributed by atoms with E-state index in [4.69, 9.17) is 9.47 Å². The largest absolute Gasteiger partial charge is 0.488 e. The van der Waals surface area contributed by atoms with Crippen molar-refractivity contribution in [2.45, 2.75) is 32.9 Å². The molecule has 1 unspecified atom stereocenters. The van der Waals surface area contributed by atoms with E-state index in [1.54, 1.807) is 26.1 Å². The lowest BCUT2D eigenvalue weighted by atomic mass is 10.1. The summed E-state index contributed by atoms with van der Waals surface area (Å²) in [7, 11) is 1.69. The lowest BCUT2D eigenvalue weighted by Crippen LogP contribution is -2.41. The van der Waals surface area contributed by atoms with Gasteiger partial charge >= 0.3 is 0 Å². The number of guanidine groups is 1. The van der Waals surface area contributed by atoms with Crippen LogP contribution in [0.4, 0.5) is 4.39 Å². The van der Waals surface area contributed by atoms with Crippen LogP contribution in [0.3, 0.4) is 0 Å². The molecule has 1 atom stereocenters. The summed E-state index contributed by atoms with van der Waals surface area (Å²) < 4.78 is 25.2. The summed E-state index contributed by atoms with van der Waals surface area (Å²) in [5.41, 5.74) is 2.97. The fourth-order valence-electron chi connectivity index (χ4n) is 3.30. The SMILES string of the molecule is CN=C(NCCNC(=O)c1ccc(C)c(F)c1)NCc1ccc(C)cc1OC1CCOC1.I. The highest BCUT2D eigenvalue weighted by atomic mass is 127. The van der Waals surface area contributed by atoms with Gasteiger partial charge in [-0.3, -0.25) is 9.79 Å². The topological polar surface area (TPSA) is 84.0 Å². The molecule has 9 heteroatoms. The van der Waals surface area contributed by atoms with Crippen molar-refractivity contribution in [3.63, 3.8) is 0 Å². The molecule has 1 amide bonds. The molecule has 180 valence electrons. The van der Waals surface area contributed by atoms with Crippen LogP contribution in [-0.2, 0) is 11.3 Å². The summed E-state index contributed by atoms with van der Waals surface area (Å²) in [6.45, 7) is 6.42. The van der Waals surface area contributed by atoms with Gasteiger partial charge in [0.15, 0.2) is 5.96 Å². The maximum Gasteiger partial charge on any atom is 0.251 e. The molecule has 0 aromatic heterocycles. The Balaban J connectivity index is 0.00000385. The Morgan fingerprint density at radius 1 is 1.15 bits per heavy atom. The van der Waals surface area contributed by atoms with Crippen LogP contribution in [0.1, 0.15) is 33.5 Å². The van der Waals surface area contributed by atoms with Gasteiger partial charge in [-0.25, -0.2) is 4.39 Å². The average Bonchev–Trinajstić information content (AvgIpc) is 3.29. The summed E-state index contributed by atoms with van der Waals surface area (Å²) in [6, 6.07) is 10.6. The van der Waals surface area contributed by atoms with Crippen molar-refractivity contribution in [1.29, 1.82) is 0 Å². The molecule has 33 heavy (non-hydrogen) atoms. The van der Waals surface area contributed by atoms with E-state index in [0.717, 1.165) is 29.9 Å². The molecule has 0 bridgehead atoms. The van der Waals surface area contributed by atoms with Gasteiger partial charge < -0.3 is 25.4 Å². The second-order valence-electron chi connectivity index (χ2n) is 7.79. The Bertz CT molecular complexity index is 965. The highest BCUT2D eigenvalue weighted by Crippen LogP contribution is 2.23. The van der Waals surface area contributed by atoms with Crippen LogP contribution in [0.25, 0.3) is 0 Å². The first-order chi connectivity index (χ1) is 15.5. The van der Waals surface area contributed by atoms with Crippen molar-refractivity contribution in [2.75, 3.05) is 33.4 Å². The molecule has 2 aromatic carbocycles. The van der Waals surface area contributed by atoms with Gasteiger partial charge in [0.1, 0.15) is 17.7 Å². The zero-order chi connectivity index (χ0) is 22.9. The van der Waals surface area contributed by atoms with Crippen LogP contribution in [0.2, 0.25) is 0 Å². The van der Waals surface area contributed by atoms with Gasteiger partial charge in [0.25, 0.3) is 5.91 Å². The molecule has 0 saturated carbocycles. The third-order valence-electron chi connectivity index (χ3n) is 5.21. The lowest BCUT2D eigenvalue weighted by Gasteiger charge is -2.18. The number of halogens is 2. The van der Waals surface area contributed by atoms with E-state index >= 15 is 0 Å². The predicted molar refractivity (Wildman–Crippen MR) is 138 cm³/mol. The van der Waals surface area contributed by atoms with E-state index in [-0.39, 0.29) is 41.8 Å². The smallest absolute Gasteiger partial charge is 0.251 e. The minimum absolute atomic E-state index is 0. The highest BCUT2D eigenvalue weighted by Gasteiger charge is 2.18. The van der Waals surface area contributed by atoms with Gasteiger partial charge in [-0.15, -0.1) is 24.0 Å². The fourth-order valence-corrected chi connectivity index (χ4v) is 3.30. The van der Waals surface area contributed by atoms with Crippen molar-refractivity contribution < 1.29 is 18.7 Å². The molecule has 1 aliphatic heterocycles. The highest BCUT2D eigenvalue weighted by molar-refractivity contribution is 14.0. The number of hydrogen-bond donors (Lipinski definition) is 3. The Morgan fingerprint density at radius 2 is 1.94 bits per heavy atom. The fraction of sp³-hybridized carbons (Fsp3) is 0.417. The maximum absolute atomic E-state index is 13.6. The quantitative estimate of drug-likeness (QED) is 0.196. The van der Waals surface area contributed by atoms with Crippen LogP contribution in [0.15, 0.2) is 41.4 Å². The van der Waals surface area contributed by atoms with Crippen molar-refractivity contribution in [1.82, 2.24) is 16.0 Å². The summed E-state index contributed by atoms with van der Waals surface area (Å²) in [6.07, 6.45) is 0.976. The molecule has 1 saturated heterocycles. The molecule has 2 aromatic rings. The minimum Gasteiger partial charge on any atom is -0.488 e. The Morgan fingerprint density at radius 3 is 2.64 bits per heavy atom. The number of aliphatic imine (C=N–C) groups is 1. The Hall–Kier alpha value is -2.40. The van der Waals surface area contributed by atoms with Gasteiger partial charge in [0.05, 0.1) is 13.2 Å². The third-order valence-corrected chi connectivity index (χ3v) is 5.21. The first-order valence-corrected chi connectivity index (χ1v) is 10.8. The molecule has 3 N–H and O–H groups in total. The summed E-state index contributed by atoms with van der Waals surface area (Å²) >= 11 is 0. The number of ether oxygens (including phenoxy) is 2. The molecule has 7 nitrogen and oxygen atoms in total. The van der Waals surface area contributed by atoms with Gasteiger partial charge in [-0.1, -0.05) is 18.2 Å². The number of rotatable bonds is 8. The summed E-state index contributed by atoms with van der Waals surface area (Å²) in [5.74, 6) is 0.753. The molecule has 1 aliphatic rings. The Kier molecular flexibility index (Phi) is 10.9. The van der Waals surface area contributed by atoms with Crippen molar-refractivity contribution in [2.24, 2.45) is 4.99 Å². The molecular weight excluding hydrogens is 538 g/mol. The number of hydrogen-bond acceptors (Lipinski definition) is 4. The number of amides is 1. The van der Waals surface area contributed by atoms with E-state index in [1.807, 2.05) is 19.1 Å². The summed E-state index contributed by atoms with van der Waals surface area (Å²) in [5, 5.41) is 9.20. The molecule has 1 fully saturated rings. The number of nitrogens with one attached hydrogen (secondary N) is 3.